The molecule has 8 aromatic rings. The zero-order valence-electron chi connectivity index (χ0n) is 45.7. The number of nitrogens with zero attached hydrogens (tertiary/aromatic N) is 4. The maximum atomic E-state index is 14.4. The van der Waals surface area contributed by atoms with E-state index in [0.29, 0.717) is 80.3 Å². The number of aromatic nitrogens is 4. The smallest absolute Gasteiger partial charge is 0.393 e. The lowest BCUT2D eigenvalue weighted by molar-refractivity contribution is -0.124. The molecule has 0 radical (unpaired) electrons. The summed E-state index contributed by atoms with van der Waals surface area (Å²) in [6, 6.07) is 40.1. The van der Waals surface area contributed by atoms with Gasteiger partial charge in [0.05, 0.1) is 47.9 Å². The molecule has 0 aliphatic carbocycles. The van der Waals surface area contributed by atoms with Gasteiger partial charge in [0.2, 0.25) is 23.7 Å². The summed E-state index contributed by atoms with van der Waals surface area (Å²) in [5.74, 6) is -0.256. The Kier molecular flexibility index (Phi) is 21.2. The Morgan fingerprint density at radius 3 is 1.17 bits per heavy atom. The monoisotopic (exact) mass is 1130 g/mol. The molecule has 2 aromatic heterocycles. The van der Waals surface area contributed by atoms with E-state index in [2.05, 4.69) is 20.4 Å². The van der Waals surface area contributed by atoms with Gasteiger partial charge in [0.25, 0.3) is 0 Å². The van der Waals surface area contributed by atoms with Gasteiger partial charge in [0.1, 0.15) is 11.5 Å². The summed E-state index contributed by atoms with van der Waals surface area (Å²) in [6.45, 7) is 0.911. The van der Waals surface area contributed by atoms with Gasteiger partial charge < -0.3 is 19.3 Å². The van der Waals surface area contributed by atoms with Crippen LogP contribution in [0.2, 0.25) is 0 Å². The van der Waals surface area contributed by atoms with Crippen molar-refractivity contribution in [2.24, 2.45) is 0 Å². The summed E-state index contributed by atoms with van der Waals surface area (Å²) in [5, 5.41) is 12.8. The van der Waals surface area contributed by atoms with Crippen LogP contribution in [0.4, 0.5) is 35.1 Å². The van der Waals surface area contributed by atoms with E-state index in [9.17, 15) is 44.7 Å². The summed E-state index contributed by atoms with van der Waals surface area (Å²) in [5.41, 5.74) is 4.43. The van der Waals surface area contributed by atoms with Crippen LogP contribution in [0, 0.1) is 11.9 Å². The average molecular weight is 1130 g/mol. The van der Waals surface area contributed by atoms with E-state index in [1.165, 1.54) is 21.9 Å². The van der Waals surface area contributed by atoms with E-state index in [0.717, 1.165) is 38.5 Å². The number of benzene rings is 6. The highest BCUT2D eigenvalue weighted by molar-refractivity contribution is 6.02. The Bertz CT molecular complexity index is 3280. The van der Waals surface area contributed by atoms with Gasteiger partial charge in [0, 0.05) is 28.2 Å². The topological polar surface area (TPSA) is 116 Å². The molecule has 0 aliphatic rings. The van der Waals surface area contributed by atoms with Gasteiger partial charge in [0.15, 0.2) is 0 Å². The molecular weight excluding hydrogens is 1070 g/mol. The molecule has 18 heteroatoms. The van der Waals surface area contributed by atoms with E-state index >= 15 is 0 Å². The number of carbonyl (C=O) groups excluding carboxylic acids is 2. The van der Waals surface area contributed by atoms with E-state index < -0.39 is 37.1 Å². The standard InChI is InChI=1S/2C32H31F4N3O2/c2*1-39(2)29(40)12-8-3-4-9-19-41-25-16-13-23(14-17-25)30(24-15-18-28-26(20-24)31(33)38-37-28)27(21-32(34,35)36)22-10-6-5-7-11-22/h2*5-8,10-18,20H,3-4,9,19,21H2,1-2H3,(H,37,38)/b2*12-8+,30-27+. The van der Waals surface area contributed by atoms with Gasteiger partial charge in [-0.15, -0.1) is 0 Å². The normalized spacial score (nSPS) is 12.5. The van der Waals surface area contributed by atoms with Crippen LogP contribution < -0.4 is 9.47 Å². The average Bonchev–Trinajstić information content (AvgIpc) is 4.10. The molecule has 0 unspecified atom stereocenters. The van der Waals surface area contributed by atoms with Crippen molar-refractivity contribution in [1.29, 1.82) is 0 Å². The maximum absolute atomic E-state index is 14.4. The number of nitrogens with one attached hydrogen (secondary N) is 2. The molecule has 8 rings (SSSR count). The Morgan fingerprint density at radius 2 is 0.829 bits per heavy atom. The van der Waals surface area contributed by atoms with Gasteiger partial charge in [-0.05, 0) is 155 Å². The third-order valence-electron chi connectivity index (χ3n) is 13.0. The van der Waals surface area contributed by atoms with Crippen LogP contribution in [-0.2, 0) is 9.59 Å². The van der Waals surface area contributed by atoms with Gasteiger partial charge in [-0.2, -0.15) is 45.3 Å². The highest BCUT2D eigenvalue weighted by Gasteiger charge is 2.33. The van der Waals surface area contributed by atoms with E-state index in [1.807, 2.05) is 12.2 Å². The SMILES string of the molecule is CN(C)C(=O)/C=C/CCCCOc1ccc(/C(=C(/CC(F)(F)F)c2ccccc2)c2ccc3n[nH]c(F)c3c2)cc1.CN(C)C(=O)/C=C/CCCCOc1ccc(/C(=C(/CC(F)(F)F)c2ccccc2)c2ccc3n[nH]c(F)c3c2)cc1. The molecule has 0 bridgehead atoms. The fourth-order valence-corrected chi connectivity index (χ4v) is 8.86. The van der Waals surface area contributed by atoms with Crippen LogP contribution in [-0.4, -0.2) is 95.8 Å². The second-order valence-electron chi connectivity index (χ2n) is 19.6. The lowest BCUT2D eigenvalue weighted by Crippen LogP contribution is -2.18. The first-order valence-electron chi connectivity index (χ1n) is 26.5. The number of H-pyrrole nitrogens is 2. The van der Waals surface area contributed by atoms with Crippen LogP contribution in [0.25, 0.3) is 44.1 Å². The largest absolute Gasteiger partial charge is 0.494 e. The molecule has 0 spiro atoms. The van der Waals surface area contributed by atoms with Crippen molar-refractivity contribution in [2.45, 2.75) is 63.7 Å². The summed E-state index contributed by atoms with van der Waals surface area (Å²) in [7, 11) is 6.78. The minimum Gasteiger partial charge on any atom is -0.494 e. The highest BCUT2D eigenvalue weighted by atomic mass is 19.4. The molecule has 428 valence electrons. The minimum absolute atomic E-state index is 0.0600. The van der Waals surface area contributed by atoms with Crippen molar-refractivity contribution in [3.05, 3.63) is 215 Å². The summed E-state index contributed by atoms with van der Waals surface area (Å²) in [4.78, 5) is 26.1. The van der Waals surface area contributed by atoms with E-state index in [-0.39, 0.29) is 33.7 Å². The first-order valence-corrected chi connectivity index (χ1v) is 26.5. The molecule has 0 aliphatic heterocycles. The second-order valence-corrected chi connectivity index (χ2v) is 19.6. The predicted molar refractivity (Wildman–Crippen MR) is 305 cm³/mol. The van der Waals surface area contributed by atoms with Crippen molar-refractivity contribution in [2.75, 3.05) is 41.4 Å². The van der Waals surface area contributed by atoms with Crippen molar-refractivity contribution in [3.63, 3.8) is 0 Å². The quantitative estimate of drug-likeness (QED) is 0.0302. The Hall–Kier alpha value is -8.80. The number of likely N-dealkylation sites (N-methyl/N-ethyl adjacent to an activating group) is 2. The number of ether oxygens (including phenoxy) is 2. The first-order chi connectivity index (χ1) is 39.2. The maximum Gasteiger partial charge on any atom is 0.393 e. The molecular formula is C64H62F8N6O4. The molecule has 2 N–H and O–H groups in total. The van der Waals surface area contributed by atoms with Gasteiger partial charge in [-0.25, -0.2) is 0 Å². The van der Waals surface area contributed by atoms with Crippen LogP contribution in [0.5, 0.6) is 11.5 Å². The number of allylic oxidation sites excluding steroid dienone is 4. The first kappa shape index (κ1) is 60.8. The lowest BCUT2D eigenvalue weighted by Gasteiger charge is -2.19. The van der Waals surface area contributed by atoms with Crippen LogP contribution >= 0.6 is 0 Å². The fourth-order valence-electron chi connectivity index (χ4n) is 8.86. The summed E-state index contributed by atoms with van der Waals surface area (Å²) in [6.07, 6.45) is 0.220. The predicted octanol–water partition coefficient (Wildman–Crippen LogP) is 15.6. The number of unbranched alkanes of at least 4 members (excludes halogenated alkanes) is 4. The molecule has 0 fully saturated rings. The zero-order valence-corrected chi connectivity index (χ0v) is 45.7. The molecule has 6 aromatic carbocycles. The van der Waals surface area contributed by atoms with Crippen LogP contribution in [0.15, 0.2) is 170 Å². The molecule has 2 amide bonds. The van der Waals surface area contributed by atoms with Gasteiger partial charge >= 0.3 is 12.4 Å². The number of hydrogen-bond acceptors (Lipinski definition) is 6. The Morgan fingerprint density at radius 1 is 0.476 bits per heavy atom. The van der Waals surface area contributed by atoms with E-state index in [4.69, 9.17) is 9.47 Å². The molecule has 10 nitrogen and oxygen atoms in total. The van der Waals surface area contributed by atoms with Crippen molar-refractivity contribution in [1.82, 2.24) is 30.2 Å². The summed E-state index contributed by atoms with van der Waals surface area (Å²) >= 11 is 0. The number of hydrogen-bond donors (Lipinski definition) is 2. The Labute approximate surface area is 470 Å². The molecule has 0 saturated heterocycles. The number of rotatable bonds is 22. The fraction of sp³-hybridized carbons (Fsp3) is 0.250. The number of carbonyl (C=O) groups is 2. The Balaban J connectivity index is 0.000000236. The van der Waals surface area contributed by atoms with E-state index in [1.54, 1.807) is 174 Å². The van der Waals surface area contributed by atoms with Gasteiger partial charge in [-0.3, -0.25) is 19.8 Å². The number of alkyl halides is 6. The number of amides is 2. The second kappa shape index (κ2) is 28.6. The molecule has 0 atom stereocenters. The third-order valence-corrected chi connectivity index (χ3v) is 13.0. The third kappa shape index (κ3) is 17.6. The molecule has 82 heavy (non-hydrogen) atoms. The minimum atomic E-state index is -4.47. The van der Waals surface area contributed by atoms with Crippen LogP contribution in [0.1, 0.15) is 84.7 Å². The molecule has 2 heterocycles. The summed E-state index contributed by atoms with van der Waals surface area (Å²) < 4.78 is 124. The van der Waals surface area contributed by atoms with Crippen molar-refractivity contribution >= 4 is 55.9 Å². The number of fused-ring (bicyclic) bond motifs is 2. The number of aromatic amines is 2. The highest BCUT2D eigenvalue weighted by Crippen LogP contribution is 2.42. The van der Waals surface area contributed by atoms with Crippen molar-refractivity contribution in [3.8, 4) is 11.5 Å². The van der Waals surface area contributed by atoms with Gasteiger partial charge in [-0.1, -0.05) is 109 Å². The molecule has 0 saturated carbocycles. The zero-order chi connectivity index (χ0) is 58.8. The number of halogens is 8. The van der Waals surface area contributed by atoms with Crippen LogP contribution in [0.3, 0.4) is 0 Å². The van der Waals surface area contributed by atoms with Crippen molar-refractivity contribution < 1.29 is 54.2 Å². The lowest BCUT2D eigenvalue weighted by atomic mass is 9.87.